The van der Waals surface area contributed by atoms with Crippen LogP contribution in [-0.2, 0) is 12.8 Å². The van der Waals surface area contributed by atoms with E-state index < -0.39 is 0 Å². The molecule has 0 fully saturated rings. The van der Waals surface area contributed by atoms with Crippen LogP contribution in [0.5, 0.6) is 0 Å². The maximum atomic E-state index is 4.83. The topological polar surface area (TPSA) is 12.9 Å². The summed E-state index contributed by atoms with van der Waals surface area (Å²) in [7, 11) is 0. The number of hydrogen-bond donors (Lipinski definition) is 0. The van der Waals surface area contributed by atoms with Crippen molar-refractivity contribution in [1.29, 1.82) is 0 Å². The van der Waals surface area contributed by atoms with Crippen LogP contribution >= 0.6 is 0 Å². The summed E-state index contributed by atoms with van der Waals surface area (Å²) in [6, 6.07) is 4.54. The second kappa shape index (κ2) is 5.19. The summed E-state index contributed by atoms with van der Waals surface area (Å²) < 4.78 is 0.676. The number of rotatable bonds is 3. The van der Waals surface area contributed by atoms with E-state index in [1.165, 1.54) is 49.1 Å². The normalized spacial score (nSPS) is 20.1. The predicted octanol–water partition coefficient (Wildman–Crippen LogP) is 2.97. The van der Waals surface area contributed by atoms with Gasteiger partial charge in [-0.3, -0.25) is 0 Å². The zero-order valence-corrected chi connectivity index (χ0v) is 9.92. The van der Waals surface area contributed by atoms with E-state index >= 15 is 0 Å². The summed E-state index contributed by atoms with van der Waals surface area (Å²) in [5.74, 6) is 0. The molecule has 0 bridgehead atoms. The molecule has 1 atom stereocenters. The van der Waals surface area contributed by atoms with E-state index in [4.69, 9.17) is 4.98 Å². The number of unbranched alkanes of at least 4 members (excludes halogenated alkanes) is 1. The van der Waals surface area contributed by atoms with Crippen molar-refractivity contribution in [2.75, 3.05) is 0 Å². The molecular weight excluding hydrogens is 177 g/mol. The van der Waals surface area contributed by atoms with Crippen LogP contribution in [0.1, 0.15) is 54.1 Å². The first kappa shape index (κ1) is 11.2. The third kappa shape index (κ3) is 2.65. The quantitative estimate of drug-likeness (QED) is 0.676. The van der Waals surface area contributed by atoms with Gasteiger partial charge in [-0.05, 0) is 0 Å². The van der Waals surface area contributed by atoms with E-state index in [1.807, 2.05) is 0 Å². The van der Waals surface area contributed by atoms with Gasteiger partial charge in [-0.15, -0.1) is 0 Å². The Kier molecular flexibility index (Phi) is 3.89. The molecule has 0 aromatic carbocycles. The van der Waals surface area contributed by atoms with Gasteiger partial charge in [0.15, 0.2) is 0 Å². The number of fused-ring (bicyclic) bond motifs is 1. The molecule has 0 radical (unpaired) electrons. The van der Waals surface area contributed by atoms with Gasteiger partial charge in [0.05, 0.1) is 0 Å². The van der Waals surface area contributed by atoms with Crippen molar-refractivity contribution < 1.29 is 0 Å². The van der Waals surface area contributed by atoms with Crippen molar-refractivity contribution in [3.05, 3.63) is 29.1 Å². The number of aryl methyl sites for hydroxylation is 2. The molecule has 1 unspecified atom stereocenters. The molecule has 0 N–H and O–H groups in total. The third-order valence-corrected chi connectivity index (χ3v) is 3.41. The zero-order chi connectivity index (χ0) is 10.7. The van der Waals surface area contributed by atoms with E-state index in [1.54, 1.807) is 0 Å². The molecule has 0 amide bonds. The van der Waals surface area contributed by atoms with Crippen LogP contribution in [0.4, 0.5) is 0 Å². The average molecular weight is 195 g/mol. The molecule has 1 nitrogen and oxygen atoms in total. The van der Waals surface area contributed by atoms with E-state index in [0.717, 1.165) is 6.42 Å². The molecule has 15 heavy (non-hydrogen) atoms. The fraction of sp³-hybridized carbons (Fsp3) is 0.615. The molecule has 1 aromatic rings. The molecule has 1 heterocycles. The van der Waals surface area contributed by atoms with Crippen LogP contribution in [0.2, 0.25) is 0 Å². The van der Waals surface area contributed by atoms with Crippen LogP contribution in [0.3, 0.4) is 0 Å². The van der Waals surface area contributed by atoms with Gasteiger partial charge in [-0.25, -0.2) is 0 Å². The first-order valence-corrected chi connectivity index (χ1v) is 6.30. The van der Waals surface area contributed by atoms with Gasteiger partial charge in [0.1, 0.15) is 0 Å². The van der Waals surface area contributed by atoms with Crippen LogP contribution in [-0.4, -0.2) is 22.7 Å². The molecule has 2 heteroatoms. The SMILES string of the molecule is [Li][CH]1CCCc2ccc(CCCC)nc21. The van der Waals surface area contributed by atoms with Crippen molar-refractivity contribution in [1.82, 2.24) is 4.98 Å². The fourth-order valence-corrected chi connectivity index (χ4v) is 2.42. The molecule has 1 aliphatic carbocycles. The minimum absolute atomic E-state index is 0.676. The van der Waals surface area contributed by atoms with E-state index in [0.29, 0.717) is 4.59 Å². The Morgan fingerprint density at radius 1 is 1.47 bits per heavy atom. The molecule has 0 saturated heterocycles. The van der Waals surface area contributed by atoms with Gasteiger partial charge >= 0.3 is 102 Å². The summed E-state index contributed by atoms with van der Waals surface area (Å²) in [6.07, 6.45) is 7.56. The Balaban J connectivity index is 2.19. The van der Waals surface area contributed by atoms with Crippen LogP contribution in [0, 0.1) is 0 Å². The first-order valence-electron chi connectivity index (χ1n) is 6.30. The number of pyridine rings is 1. The summed E-state index contributed by atoms with van der Waals surface area (Å²) >= 11 is 2.31. The van der Waals surface area contributed by atoms with Crippen molar-refractivity contribution in [3.8, 4) is 0 Å². The molecule has 0 saturated carbocycles. The van der Waals surface area contributed by atoms with E-state index in [2.05, 4.69) is 36.8 Å². The zero-order valence-electron chi connectivity index (χ0n) is 9.92. The molecule has 76 valence electrons. The van der Waals surface area contributed by atoms with Gasteiger partial charge in [0.25, 0.3) is 0 Å². The molecule has 0 aliphatic heterocycles. The third-order valence-electron chi connectivity index (χ3n) is 3.41. The Morgan fingerprint density at radius 3 is 3.13 bits per heavy atom. The molecular formula is C13H18LiN. The number of aromatic nitrogens is 1. The minimum atomic E-state index is 0.676. The summed E-state index contributed by atoms with van der Waals surface area (Å²) in [6.45, 7) is 2.24. The van der Waals surface area contributed by atoms with Crippen LogP contribution in [0.15, 0.2) is 12.1 Å². The monoisotopic (exact) mass is 195 g/mol. The fourth-order valence-electron chi connectivity index (χ4n) is 2.42. The van der Waals surface area contributed by atoms with E-state index in [-0.39, 0.29) is 0 Å². The van der Waals surface area contributed by atoms with E-state index in [9.17, 15) is 0 Å². The molecule has 0 spiro atoms. The molecule has 1 aliphatic rings. The molecule has 2 rings (SSSR count). The second-order valence-corrected chi connectivity index (χ2v) is 4.74. The standard InChI is InChI=1S/C13H18N.Li/c1-2-3-7-12-10-9-11-6-4-5-8-13(11)14-12;/h8-10H,2-7H2,1H3;. The van der Waals surface area contributed by atoms with Gasteiger partial charge in [0.2, 0.25) is 0 Å². The van der Waals surface area contributed by atoms with Crippen molar-refractivity contribution >= 4 is 17.7 Å². The Hall–Kier alpha value is -0.253. The predicted molar refractivity (Wildman–Crippen MR) is 64.3 cm³/mol. The van der Waals surface area contributed by atoms with Crippen molar-refractivity contribution in [3.63, 3.8) is 0 Å². The number of nitrogens with zero attached hydrogens (tertiary/aromatic N) is 1. The Bertz CT molecular complexity index is 335. The summed E-state index contributed by atoms with van der Waals surface area (Å²) in [5, 5.41) is 0. The first-order chi connectivity index (χ1) is 7.31. The van der Waals surface area contributed by atoms with Gasteiger partial charge < -0.3 is 0 Å². The maximum absolute atomic E-state index is 4.83. The Labute approximate surface area is 102 Å². The molecule has 1 aromatic heterocycles. The Morgan fingerprint density at radius 2 is 2.33 bits per heavy atom. The van der Waals surface area contributed by atoms with Crippen LogP contribution < -0.4 is 0 Å². The van der Waals surface area contributed by atoms with Crippen LogP contribution in [0.25, 0.3) is 0 Å². The summed E-state index contributed by atoms with van der Waals surface area (Å²) in [5.41, 5.74) is 4.17. The van der Waals surface area contributed by atoms with Gasteiger partial charge in [-0.1, -0.05) is 0 Å². The van der Waals surface area contributed by atoms with Crippen molar-refractivity contribution in [2.45, 2.75) is 50.0 Å². The van der Waals surface area contributed by atoms with Crippen molar-refractivity contribution in [2.24, 2.45) is 0 Å². The summed E-state index contributed by atoms with van der Waals surface area (Å²) in [4.78, 5) is 4.83. The second-order valence-electron chi connectivity index (χ2n) is 4.74. The average Bonchev–Trinajstić information content (AvgIpc) is 2.27. The number of hydrogen-bond acceptors (Lipinski definition) is 1. The van der Waals surface area contributed by atoms with Gasteiger partial charge in [0, 0.05) is 0 Å². The van der Waals surface area contributed by atoms with Gasteiger partial charge in [-0.2, -0.15) is 0 Å².